The van der Waals surface area contributed by atoms with Crippen molar-refractivity contribution >= 4 is 29.1 Å². The quantitative estimate of drug-likeness (QED) is 0.717. The molecular formula is C23H25ClN4O3. The Bertz CT molecular complexity index is 1010. The number of benzene rings is 2. The summed E-state index contributed by atoms with van der Waals surface area (Å²) >= 11 is 6.02. The first-order valence-electron chi connectivity index (χ1n) is 10.3. The summed E-state index contributed by atoms with van der Waals surface area (Å²) < 4.78 is 5.49. The van der Waals surface area contributed by atoms with Crippen LogP contribution in [0.15, 0.2) is 54.9 Å². The number of carbonyl (C=O) groups excluding carboxylic acids is 2. The lowest BCUT2D eigenvalue weighted by molar-refractivity contribution is -0.137. The molecule has 1 saturated heterocycles. The van der Waals surface area contributed by atoms with Crippen LogP contribution in [-0.2, 0) is 9.59 Å². The van der Waals surface area contributed by atoms with Gasteiger partial charge in [0.05, 0.1) is 12.6 Å². The van der Waals surface area contributed by atoms with E-state index in [1.165, 1.54) is 4.90 Å². The number of rotatable bonds is 6. The van der Waals surface area contributed by atoms with Crippen molar-refractivity contribution < 1.29 is 14.3 Å². The third kappa shape index (κ3) is 4.68. The lowest BCUT2D eigenvalue weighted by atomic mass is 10.0. The van der Waals surface area contributed by atoms with Gasteiger partial charge < -0.3 is 20.0 Å². The van der Waals surface area contributed by atoms with Crippen LogP contribution in [0, 0.1) is 6.92 Å². The topological polar surface area (TPSA) is 73.9 Å². The molecule has 7 nitrogen and oxygen atoms in total. The minimum atomic E-state index is -0.359. The molecule has 1 fully saturated rings. The molecule has 2 aliphatic rings. The van der Waals surface area contributed by atoms with Crippen LogP contribution in [0.1, 0.15) is 30.5 Å². The van der Waals surface area contributed by atoms with Crippen molar-refractivity contribution in [2.45, 2.75) is 32.4 Å². The molecule has 0 saturated carbocycles. The molecule has 0 aromatic heterocycles. The van der Waals surface area contributed by atoms with Crippen LogP contribution >= 0.6 is 11.6 Å². The van der Waals surface area contributed by atoms with E-state index in [1.54, 1.807) is 24.5 Å². The number of anilines is 1. The van der Waals surface area contributed by atoms with Gasteiger partial charge in [0, 0.05) is 23.1 Å². The zero-order valence-corrected chi connectivity index (χ0v) is 18.2. The Morgan fingerprint density at radius 3 is 2.74 bits per heavy atom. The van der Waals surface area contributed by atoms with Crippen molar-refractivity contribution in [2.75, 3.05) is 18.5 Å². The SMILES string of the molecule is CCOc1ccc(C2CC3C(=O)N(CC(=O)Nc4cc(Cl)ccc4C)C=CN3N2)cc1. The number of ether oxygens (including phenoxy) is 1. The zero-order valence-electron chi connectivity index (χ0n) is 17.5. The van der Waals surface area contributed by atoms with E-state index in [-0.39, 0.29) is 30.4 Å². The predicted molar refractivity (Wildman–Crippen MR) is 119 cm³/mol. The van der Waals surface area contributed by atoms with Gasteiger partial charge in [-0.1, -0.05) is 29.8 Å². The summed E-state index contributed by atoms with van der Waals surface area (Å²) in [5.41, 5.74) is 5.99. The Kier molecular flexibility index (Phi) is 6.15. The van der Waals surface area contributed by atoms with Crippen LogP contribution in [0.5, 0.6) is 5.75 Å². The molecule has 0 radical (unpaired) electrons. The third-order valence-electron chi connectivity index (χ3n) is 5.46. The average molecular weight is 441 g/mol. The standard InChI is InChI=1S/C23H25ClN4O3/c1-3-31-18-8-5-16(6-9-18)20-13-21-23(30)27(10-11-28(21)26-20)14-22(29)25-19-12-17(24)7-4-15(19)2/h4-12,20-21,26H,3,13-14H2,1-2H3,(H,25,29). The molecule has 2 aromatic rings. The average Bonchev–Trinajstić information content (AvgIpc) is 3.19. The van der Waals surface area contributed by atoms with Gasteiger partial charge in [0.1, 0.15) is 18.3 Å². The normalized spacial score (nSPS) is 20.0. The molecule has 0 aliphatic carbocycles. The van der Waals surface area contributed by atoms with Gasteiger partial charge in [-0.05, 0) is 55.7 Å². The predicted octanol–water partition coefficient (Wildman–Crippen LogP) is 3.62. The van der Waals surface area contributed by atoms with Crippen molar-refractivity contribution in [1.29, 1.82) is 0 Å². The molecule has 31 heavy (non-hydrogen) atoms. The second-order valence-electron chi connectivity index (χ2n) is 7.61. The maximum Gasteiger partial charge on any atom is 0.251 e. The summed E-state index contributed by atoms with van der Waals surface area (Å²) in [4.78, 5) is 27.0. The third-order valence-corrected chi connectivity index (χ3v) is 5.69. The molecule has 2 N–H and O–H groups in total. The van der Waals surface area contributed by atoms with Gasteiger partial charge in [0.25, 0.3) is 5.91 Å². The Morgan fingerprint density at radius 1 is 1.23 bits per heavy atom. The van der Waals surface area contributed by atoms with E-state index in [1.807, 2.05) is 49.2 Å². The van der Waals surface area contributed by atoms with E-state index in [9.17, 15) is 9.59 Å². The molecule has 2 unspecified atom stereocenters. The fraction of sp³-hybridized carbons (Fsp3) is 0.304. The number of aryl methyl sites for hydroxylation is 1. The first kappa shape index (κ1) is 21.2. The number of carbonyl (C=O) groups is 2. The van der Waals surface area contributed by atoms with Crippen LogP contribution in [0.4, 0.5) is 5.69 Å². The number of halogens is 1. The Hall–Kier alpha value is -3.03. The van der Waals surface area contributed by atoms with Crippen LogP contribution in [0.3, 0.4) is 0 Å². The van der Waals surface area contributed by atoms with Gasteiger partial charge >= 0.3 is 0 Å². The van der Waals surface area contributed by atoms with E-state index >= 15 is 0 Å². The molecule has 8 heteroatoms. The van der Waals surface area contributed by atoms with E-state index in [2.05, 4.69) is 10.7 Å². The zero-order chi connectivity index (χ0) is 22.0. The molecule has 0 bridgehead atoms. The second kappa shape index (κ2) is 8.99. The number of hydrogen-bond donors (Lipinski definition) is 2. The van der Waals surface area contributed by atoms with E-state index in [0.29, 0.717) is 23.7 Å². The highest BCUT2D eigenvalue weighted by atomic mass is 35.5. The Morgan fingerprint density at radius 2 is 2.00 bits per heavy atom. The van der Waals surface area contributed by atoms with Gasteiger partial charge in [0.15, 0.2) is 0 Å². The second-order valence-corrected chi connectivity index (χ2v) is 8.05. The highest BCUT2D eigenvalue weighted by molar-refractivity contribution is 6.31. The number of amides is 2. The highest BCUT2D eigenvalue weighted by Gasteiger charge is 2.40. The molecule has 2 aromatic carbocycles. The number of nitrogens with zero attached hydrogens (tertiary/aromatic N) is 2. The van der Waals surface area contributed by atoms with Crippen molar-refractivity contribution in [3.63, 3.8) is 0 Å². The minimum absolute atomic E-state index is 0.0113. The molecule has 2 amide bonds. The van der Waals surface area contributed by atoms with Crippen LogP contribution in [0.2, 0.25) is 5.02 Å². The highest BCUT2D eigenvalue weighted by Crippen LogP contribution is 2.31. The summed E-state index contributed by atoms with van der Waals surface area (Å²) in [5, 5.41) is 5.20. The smallest absolute Gasteiger partial charge is 0.251 e. The summed E-state index contributed by atoms with van der Waals surface area (Å²) in [6.07, 6.45) is 4.05. The molecule has 2 aliphatic heterocycles. The maximum absolute atomic E-state index is 13.0. The van der Waals surface area contributed by atoms with E-state index in [4.69, 9.17) is 16.3 Å². The van der Waals surface area contributed by atoms with Crippen molar-refractivity contribution in [1.82, 2.24) is 15.3 Å². The molecular weight excluding hydrogens is 416 g/mol. The molecule has 4 rings (SSSR count). The van der Waals surface area contributed by atoms with Crippen LogP contribution in [0.25, 0.3) is 0 Å². The van der Waals surface area contributed by atoms with Crippen molar-refractivity contribution in [3.05, 3.63) is 71.0 Å². The van der Waals surface area contributed by atoms with Gasteiger partial charge in [-0.3, -0.25) is 9.59 Å². The first-order chi connectivity index (χ1) is 14.9. The summed E-state index contributed by atoms with van der Waals surface area (Å²) in [6, 6.07) is 12.8. The van der Waals surface area contributed by atoms with Crippen LogP contribution < -0.4 is 15.5 Å². The first-order valence-corrected chi connectivity index (χ1v) is 10.6. The Balaban J connectivity index is 1.38. The summed E-state index contributed by atoms with van der Waals surface area (Å²) in [6.45, 7) is 4.40. The molecule has 2 atom stereocenters. The molecule has 0 spiro atoms. The summed E-state index contributed by atoms with van der Waals surface area (Å²) in [7, 11) is 0. The van der Waals surface area contributed by atoms with Gasteiger partial charge in [0.2, 0.25) is 5.91 Å². The van der Waals surface area contributed by atoms with Gasteiger partial charge in [-0.2, -0.15) is 0 Å². The number of nitrogens with one attached hydrogen (secondary N) is 2. The number of hydrazine groups is 1. The fourth-order valence-electron chi connectivity index (χ4n) is 3.82. The van der Waals surface area contributed by atoms with Crippen LogP contribution in [-0.4, -0.2) is 40.9 Å². The van der Waals surface area contributed by atoms with Crippen molar-refractivity contribution in [2.24, 2.45) is 0 Å². The van der Waals surface area contributed by atoms with E-state index in [0.717, 1.165) is 16.9 Å². The number of fused-ring (bicyclic) bond motifs is 1. The maximum atomic E-state index is 13.0. The van der Waals surface area contributed by atoms with Crippen molar-refractivity contribution in [3.8, 4) is 5.75 Å². The minimum Gasteiger partial charge on any atom is -0.494 e. The lowest BCUT2D eigenvalue weighted by Gasteiger charge is -2.31. The van der Waals surface area contributed by atoms with Gasteiger partial charge in [-0.15, -0.1) is 0 Å². The largest absolute Gasteiger partial charge is 0.494 e. The fourth-order valence-corrected chi connectivity index (χ4v) is 3.99. The van der Waals surface area contributed by atoms with E-state index < -0.39 is 0 Å². The lowest BCUT2D eigenvalue weighted by Crippen LogP contribution is -2.49. The molecule has 2 heterocycles. The van der Waals surface area contributed by atoms with Gasteiger partial charge in [-0.25, -0.2) is 5.43 Å². The monoisotopic (exact) mass is 440 g/mol. The summed E-state index contributed by atoms with van der Waals surface area (Å²) in [5.74, 6) is 0.442. The molecule has 162 valence electrons. The number of hydrogen-bond acceptors (Lipinski definition) is 5. The Labute approximate surface area is 186 Å².